The van der Waals surface area contributed by atoms with E-state index in [1.807, 2.05) is 0 Å². The van der Waals surface area contributed by atoms with E-state index in [-0.39, 0.29) is 13.0 Å². The largest absolute Gasteiger partial charge is 0.497 e. The second-order valence-electron chi connectivity index (χ2n) is 5.90. The molecule has 2 N–H and O–H groups in total. The molecule has 3 rings (SSSR count). The van der Waals surface area contributed by atoms with Crippen molar-refractivity contribution in [2.45, 2.75) is 24.9 Å². The summed E-state index contributed by atoms with van der Waals surface area (Å²) in [7, 11) is 1.53. The summed E-state index contributed by atoms with van der Waals surface area (Å²) in [4.78, 5) is 37.7. The normalized spacial score (nSPS) is 21.8. The van der Waals surface area contributed by atoms with E-state index >= 15 is 0 Å². The number of aliphatic hydroxyl groups is 1. The summed E-state index contributed by atoms with van der Waals surface area (Å²) in [6.45, 7) is -0.169. The number of methoxy groups -OCH3 is 1. The second kappa shape index (κ2) is 8.23. The van der Waals surface area contributed by atoms with E-state index in [0.717, 1.165) is 0 Å². The number of hydrogen-bond acceptors (Lipinski definition) is 7. The van der Waals surface area contributed by atoms with Gasteiger partial charge in [0.25, 0.3) is 5.56 Å². The molecule has 3 unspecified atom stereocenters. The smallest absolute Gasteiger partial charge is 0.338 e. The van der Waals surface area contributed by atoms with Gasteiger partial charge in [-0.15, -0.1) is 0 Å². The maximum atomic E-state index is 12.1. The van der Waals surface area contributed by atoms with E-state index in [1.54, 1.807) is 46.9 Å². The number of nitrogens with zero attached hydrogens (tertiary/aromatic N) is 1. The number of ether oxygens (including phenoxy) is 3. The minimum atomic E-state index is -0.921. The van der Waals surface area contributed by atoms with Gasteiger partial charge in [-0.2, -0.15) is 0 Å². The van der Waals surface area contributed by atoms with Crippen LogP contribution >= 0.6 is 22.6 Å². The van der Waals surface area contributed by atoms with Crippen LogP contribution < -0.4 is 16.0 Å². The number of aromatic amines is 1. The van der Waals surface area contributed by atoms with Crippen LogP contribution in [0.2, 0.25) is 0 Å². The molecule has 0 spiro atoms. The SMILES string of the molecule is COc1ccc(C(=O)OCC2OC(n3cc(I)c(=O)[nH]c3=O)CC2O)cc1. The second-order valence-corrected chi connectivity index (χ2v) is 7.06. The van der Waals surface area contributed by atoms with Crippen LogP contribution in [0.15, 0.2) is 40.1 Å². The molecule has 0 saturated carbocycles. The Morgan fingerprint density at radius 1 is 1.37 bits per heavy atom. The van der Waals surface area contributed by atoms with Crippen molar-refractivity contribution < 1.29 is 24.1 Å². The molecule has 0 aliphatic carbocycles. The molecule has 1 aliphatic rings. The zero-order valence-corrected chi connectivity index (χ0v) is 16.4. The Kier molecular flexibility index (Phi) is 5.97. The molecule has 9 nitrogen and oxygen atoms in total. The van der Waals surface area contributed by atoms with E-state index in [0.29, 0.717) is 14.9 Å². The number of nitrogens with one attached hydrogen (secondary N) is 1. The highest BCUT2D eigenvalue weighted by Gasteiger charge is 2.36. The molecular formula is C17H17IN2O7. The van der Waals surface area contributed by atoms with Gasteiger partial charge in [-0.05, 0) is 46.9 Å². The number of benzene rings is 1. The molecule has 1 saturated heterocycles. The van der Waals surface area contributed by atoms with Gasteiger partial charge in [-0.1, -0.05) is 0 Å². The van der Waals surface area contributed by atoms with Crippen molar-refractivity contribution in [3.63, 3.8) is 0 Å². The first-order chi connectivity index (χ1) is 12.9. The van der Waals surface area contributed by atoms with Crippen molar-refractivity contribution in [3.05, 3.63) is 60.4 Å². The molecule has 10 heteroatoms. The molecule has 27 heavy (non-hydrogen) atoms. The highest BCUT2D eigenvalue weighted by molar-refractivity contribution is 14.1. The number of carbonyl (C=O) groups is 1. The molecule has 1 aliphatic heterocycles. The standard InChI is InChI=1S/C17H17IN2O7/c1-25-10-4-2-9(3-5-10)16(23)26-8-13-12(21)6-14(27-13)20-7-11(18)15(22)19-17(20)24/h2-5,7,12-14,21H,6,8H2,1H3,(H,19,22,24). The average molecular weight is 488 g/mol. The third-order valence-electron chi connectivity index (χ3n) is 4.14. The van der Waals surface area contributed by atoms with Gasteiger partial charge < -0.3 is 19.3 Å². The van der Waals surface area contributed by atoms with Crippen LogP contribution in [-0.4, -0.2) is 46.6 Å². The van der Waals surface area contributed by atoms with Crippen LogP contribution in [0, 0.1) is 3.57 Å². The Bertz CT molecular complexity index is 938. The van der Waals surface area contributed by atoms with Crippen LogP contribution in [0.4, 0.5) is 0 Å². The third-order valence-corrected chi connectivity index (χ3v) is 4.91. The number of halogens is 1. The lowest BCUT2D eigenvalue weighted by molar-refractivity contribution is -0.0532. The van der Waals surface area contributed by atoms with Crippen molar-refractivity contribution in [1.82, 2.24) is 9.55 Å². The van der Waals surface area contributed by atoms with E-state index in [2.05, 4.69) is 4.98 Å². The predicted molar refractivity (Wildman–Crippen MR) is 102 cm³/mol. The molecule has 3 atom stereocenters. The molecule has 2 heterocycles. The summed E-state index contributed by atoms with van der Waals surface area (Å²) in [5.41, 5.74) is -0.778. The van der Waals surface area contributed by atoms with Crippen LogP contribution in [-0.2, 0) is 9.47 Å². The van der Waals surface area contributed by atoms with Crippen LogP contribution in [0.5, 0.6) is 5.75 Å². The Balaban J connectivity index is 1.63. The summed E-state index contributed by atoms with van der Waals surface area (Å²) in [6, 6.07) is 6.41. The van der Waals surface area contributed by atoms with Crippen LogP contribution in [0.3, 0.4) is 0 Å². The molecule has 0 bridgehead atoms. The van der Waals surface area contributed by atoms with Gasteiger partial charge >= 0.3 is 11.7 Å². The Morgan fingerprint density at radius 2 is 2.07 bits per heavy atom. The number of aliphatic hydroxyl groups excluding tert-OH is 1. The Hall–Kier alpha value is -2.18. The lowest BCUT2D eigenvalue weighted by Gasteiger charge is -2.16. The van der Waals surface area contributed by atoms with Crippen molar-refractivity contribution in [1.29, 1.82) is 0 Å². The fourth-order valence-electron chi connectivity index (χ4n) is 2.68. The minimum Gasteiger partial charge on any atom is -0.497 e. The third kappa shape index (κ3) is 4.39. The highest BCUT2D eigenvalue weighted by atomic mass is 127. The van der Waals surface area contributed by atoms with Gasteiger partial charge in [-0.3, -0.25) is 14.3 Å². The summed E-state index contributed by atoms with van der Waals surface area (Å²) in [5, 5.41) is 10.2. The maximum Gasteiger partial charge on any atom is 0.338 e. The Labute approximate surface area is 167 Å². The van der Waals surface area contributed by atoms with Gasteiger partial charge in [-0.25, -0.2) is 9.59 Å². The fraction of sp³-hybridized carbons (Fsp3) is 0.353. The van der Waals surface area contributed by atoms with Crippen LogP contribution in [0.1, 0.15) is 23.0 Å². The lowest BCUT2D eigenvalue weighted by Crippen LogP contribution is -2.33. The number of aromatic nitrogens is 2. The van der Waals surface area contributed by atoms with Gasteiger partial charge in [0, 0.05) is 12.6 Å². The quantitative estimate of drug-likeness (QED) is 0.469. The minimum absolute atomic E-state index is 0.132. The van der Waals surface area contributed by atoms with E-state index in [4.69, 9.17) is 14.2 Å². The van der Waals surface area contributed by atoms with E-state index in [9.17, 15) is 19.5 Å². The van der Waals surface area contributed by atoms with E-state index in [1.165, 1.54) is 17.9 Å². The summed E-state index contributed by atoms with van der Waals surface area (Å²) in [5.74, 6) is 0.0533. The summed E-state index contributed by atoms with van der Waals surface area (Å²) in [6.07, 6.45) is -0.969. The number of esters is 1. The molecular weight excluding hydrogens is 471 g/mol. The molecule has 1 aromatic heterocycles. The van der Waals surface area contributed by atoms with Gasteiger partial charge in [0.2, 0.25) is 0 Å². The van der Waals surface area contributed by atoms with Crippen molar-refractivity contribution in [3.8, 4) is 5.75 Å². The fourth-order valence-corrected chi connectivity index (χ4v) is 3.11. The predicted octanol–water partition coefficient (Wildman–Crippen LogP) is 0.655. The van der Waals surface area contributed by atoms with Gasteiger partial charge in [0.1, 0.15) is 24.7 Å². The van der Waals surface area contributed by atoms with Crippen molar-refractivity contribution in [2.75, 3.05) is 13.7 Å². The first-order valence-electron chi connectivity index (χ1n) is 8.04. The average Bonchev–Trinajstić information content (AvgIpc) is 3.03. The maximum absolute atomic E-state index is 12.1. The Morgan fingerprint density at radius 3 is 2.74 bits per heavy atom. The molecule has 0 radical (unpaired) electrons. The molecule has 0 amide bonds. The van der Waals surface area contributed by atoms with Crippen LogP contribution in [0.25, 0.3) is 0 Å². The number of rotatable bonds is 5. The molecule has 2 aromatic rings. The van der Waals surface area contributed by atoms with Gasteiger partial charge in [0.05, 0.1) is 22.3 Å². The number of H-pyrrole nitrogens is 1. The van der Waals surface area contributed by atoms with Gasteiger partial charge in [0.15, 0.2) is 0 Å². The monoisotopic (exact) mass is 488 g/mol. The number of carbonyl (C=O) groups excluding carboxylic acids is 1. The molecule has 1 fully saturated rings. The number of hydrogen-bond donors (Lipinski definition) is 2. The zero-order chi connectivity index (χ0) is 19.6. The molecule has 1 aromatic carbocycles. The van der Waals surface area contributed by atoms with E-state index < -0.39 is 35.7 Å². The first-order valence-corrected chi connectivity index (χ1v) is 9.12. The van der Waals surface area contributed by atoms with Crippen molar-refractivity contribution >= 4 is 28.6 Å². The first kappa shape index (κ1) is 19.6. The topological polar surface area (TPSA) is 120 Å². The molecule has 144 valence electrons. The summed E-state index contributed by atoms with van der Waals surface area (Å²) < 4.78 is 17.4. The van der Waals surface area contributed by atoms with Crippen molar-refractivity contribution in [2.24, 2.45) is 0 Å². The zero-order valence-electron chi connectivity index (χ0n) is 14.3. The highest BCUT2D eigenvalue weighted by Crippen LogP contribution is 2.28. The summed E-state index contributed by atoms with van der Waals surface area (Å²) >= 11 is 1.80. The lowest BCUT2D eigenvalue weighted by atomic mass is 10.2.